The molecule has 13 N–H and O–H groups in total. The van der Waals surface area contributed by atoms with E-state index in [1.165, 1.54) is 6.92 Å². The average Bonchev–Trinajstić information content (AvgIpc) is 2.86. The van der Waals surface area contributed by atoms with Crippen molar-refractivity contribution in [2.75, 3.05) is 32.8 Å². The fourth-order valence-electron chi connectivity index (χ4n) is 4.74. The van der Waals surface area contributed by atoms with Crippen LogP contribution in [0.15, 0.2) is 11.8 Å². The third-order valence-corrected chi connectivity index (χ3v) is 6.80. The lowest BCUT2D eigenvalue weighted by molar-refractivity contribution is -0.297. The molecule has 1 saturated carbocycles. The highest BCUT2D eigenvalue weighted by Gasteiger charge is 2.49. The second kappa shape index (κ2) is 13.7. The largest absolute Gasteiger partial charge is 0.467 e. The first-order valence-electron chi connectivity index (χ1n) is 12.8. The number of carbonyl (C=O) groups excluding carboxylic acids is 1. The predicted octanol–water partition coefficient (Wildman–Crippen LogP) is -4.95. The highest BCUT2D eigenvalue weighted by Crippen LogP contribution is 2.31. The molecule has 3 aliphatic rings. The average molecular weight is 550 g/mol. The summed E-state index contributed by atoms with van der Waals surface area (Å²) in [4.78, 5) is 12.4. The van der Waals surface area contributed by atoms with E-state index >= 15 is 0 Å². The van der Waals surface area contributed by atoms with Gasteiger partial charge in [-0.25, -0.2) is 0 Å². The second-order valence-electron chi connectivity index (χ2n) is 10.4. The molecule has 0 bridgehead atoms. The van der Waals surface area contributed by atoms with Crippen LogP contribution < -0.4 is 27.8 Å². The maximum atomic E-state index is 12.4. The summed E-state index contributed by atoms with van der Waals surface area (Å²) in [5, 5.41) is 56.4. The number of nitrogens with two attached hydrogens (primary N) is 3. The lowest BCUT2D eigenvalue weighted by Crippen LogP contribution is -2.67. The van der Waals surface area contributed by atoms with E-state index in [9.17, 15) is 25.2 Å². The fraction of sp³-hybridized carbons (Fsp3) is 0.870. The maximum Gasteiger partial charge on any atom is 0.250 e. The van der Waals surface area contributed by atoms with E-state index in [1.807, 2.05) is 6.08 Å². The van der Waals surface area contributed by atoms with Gasteiger partial charge in [-0.1, -0.05) is 0 Å². The Kier molecular flexibility index (Phi) is 11.2. The van der Waals surface area contributed by atoms with Crippen molar-refractivity contribution in [3.8, 4) is 0 Å². The van der Waals surface area contributed by atoms with Gasteiger partial charge >= 0.3 is 0 Å². The smallest absolute Gasteiger partial charge is 0.250 e. The van der Waals surface area contributed by atoms with Crippen LogP contribution in [-0.4, -0.2) is 131 Å². The van der Waals surface area contributed by atoms with E-state index in [-0.39, 0.29) is 32.6 Å². The van der Waals surface area contributed by atoms with Crippen LogP contribution >= 0.6 is 0 Å². The Bertz CT molecular complexity index is 805. The summed E-state index contributed by atoms with van der Waals surface area (Å²) in [6.07, 6.45) is -6.25. The lowest BCUT2D eigenvalue weighted by atomic mass is 9.83. The summed E-state index contributed by atoms with van der Waals surface area (Å²) in [6.45, 7) is 1.76. The first-order valence-corrected chi connectivity index (χ1v) is 12.8. The molecule has 38 heavy (non-hydrogen) atoms. The molecule has 0 aromatic rings. The minimum Gasteiger partial charge on any atom is -0.467 e. The third kappa shape index (κ3) is 8.03. The van der Waals surface area contributed by atoms with Gasteiger partial charge in [-0.3, -0.25) is 4.79 Å². The van der Waals surface area contributed by atoms with Gasteiger partial charge in [0.25, 0.3) is 0 Å². The normalized spacial score (nSPS) is 40.7. The molecule has 0 unspecified atom stereocenters. The number of ether oxygens (including phenoxy) is 4. The first kappa shape index (κ1) is 31.1. The molecule has 0 spiro atoms. The van der Waals surface area contributed by atoms with Crippen molar-refractivity contribution < 1.29 is 49.3 Å². The quantitative estimate of drug-likeness (QED) is 0.108. The summed E-state index contributed by atoms with van der Waals surface area (Å²) in [7, 11) is 0. The van der Waals surface area contributed by atoms with Crippen LogP contribution in [0.25, 0.3) is 0 Å². The van der Waals surface area contributed by atoms with Crippen molar-refractivity contribution in [3.63, 3.8) is 0 Å². The number of amides is 1. The molecule has 1 aliphatic carbocycles. The van der Waals surface area contributed by atoms with Gasteiger partial charge in [-0.15, -0.1) is 0 Å². The van der Waals surface area contributed by atoms with E-state index in [0.29, 0.717) is 25.3 Å². The summed E-state index contributed by atoms with van der Waals surface area (Å²) < 4.78 is 23.4. The van der Waals surface area contributed by atoms with Crippen LogP contribution in [-0.2, 0) is 23.7 Å². The molecule has 15 nitrogen and oxygen atoms in total. The number of aliphatic hydroxyl groups excluding tert-OH is 4. The van der Waals surface area contributed by atoms with Crippen molar-refractivity contribution in [1.82, 2.24) is 10.6 Å². The van der Waals surface area contributed by atoms with Crippen LogP contribution in [0.2, 0.25) is 0 Å². The molecule has 2 aliphatic heterocycles. The first-order chi connectivity index (χ1) is 18.0. The topological polar surface area (TPSA) is 257 Å². The molecule has 220 valence electrons. The molecular weight excluding hydrogens is 506 g/mol. The number of carbonyl (C=O) groups is 1. The van der Waals surface area contributed by atoms with Crippen molar-refractivity contribution >= 4 is 5.91 Å². The molecule has 0 aromatic heterocycles. The molecule has 0 radical (unpaired) electrons. The van der Waals surface area contributed by atoms with Gasteiger partial charge in [0.2, 0.25) is 12.2 Å². The number of rotatable bonds is 11. The number of nitrogens with one attached hydrogen (secondary N) is 2. The summed E-state index contributed by atoms with van der Waals surface area (Å²) >= 11 is 0. The minimum absolute atomic E-state index is 0.0335. The zero-order chi connectivity index (χ0) is 28.0. The lowest BCUT2D eigenvalue weighted by Gasteiger charge is -2.47. The van der Waals surface area contributed by atoms with Crippen LogP contribution in [0.5, 0.6) is 0 Å². The van der Waals surface area contributed by atoms with Gasteiger partial charge in [0.1, 0.15) is 36.3 Å². The van der Waals surface area contributed by atoms with Crippen LogP contribution in [0, 0.1) is 0 Å². The van der Waals surface area contributed by atoms with E-state index in [0.717, 1.165) is 0 Å². The van der Waals surface area contributed by atoms with Gasteiger partial charge in [0, 0.05) is 25.6 Å². The zero-order valence-corrected chi connectivity index (χ0v) is 21.5. The maximum absolute atomic E-state index is 12.4. The van der Waals surface area contributed by atoms with Crippen LogP contribution in [0.1, 0.15) is 26.2 Å². The van der Waals surface area contributed by atoms with Crippen molar-refractivity contribution in [2.45, 2.75) is 93.0 Å². The Balaban J connectivity index is 1.74. The van der Waals surface area contributed by atoms with E-state index in [2.05, 4.69) is 10.6 Å². The van der Waals surface area contributed by atoms with Crippen LogP contribution in [0.3, 0.4) is 0 Å². The number of hydrogen-bond donors (Lipinski definition) is 10. The van der Waals surface area contributed by atoms with E-state index in [4.69, 9.17) is 41.3 Å². The molecule has 1 amide bonds. The molecule has 2 fully saturated rings. The third-order valence-electron chi connectivity index (χ3n) is 6.80. The predicted molar refractivity (Wildman–Crippen MR) is 132 cm³/mol. The van der Waals surface area contributed by atoms with Crippen molar-refractivity contribution in [2.24, 2.45) is 17.2 Å². The minimum atomic E-state index is -1.48. The number of aliphatic hydroxyl groups is 5. The van der Waals surface area contributed by atoms with E-state index < -0.39 is 72.7 Å². The Morgan fingerprint density at radius 1 is 1.24 bits per heavy atom. The molecule has 15 heteroatoms. The van der Waals surface area contributed by atoms with Crippen molar-refractivity contribution in [3.05, 3.63) is 11.8 Å². The Hall–Kier alpha value is -1.47. The van der Waals surface area contributed by atoms with E-state index in [1.54, 1.807) is 0 Å². The molecule has 0 aromatic carbocycles. The highest BCUT2D eigenvalue weighted by atomic mass is 16.7. The molecular formula is C23H43N5O10. The van der Waals surface area contributed by atoms with Crippen molar-refractivity contribution in [1.29, 1.82) is 0 Å². The van der Waals surface area contributed by atoms with Gasteiger partial charge in [-0.05, 0) is 25.8 Å². The van der Waals surface area contributed by atoms with Gasteiger partial charge in [-0.2, -0.15) is 0 Å². The fourth-order valence-corrected chi connectivity index (χ4v) is 4.74. The van der Waals surface area contributed by atoms with Gasteiger partial charge < -0.3 is 72.3 Å². The molecule has 2 heterocycles. The SMILES string of the molecule is C[C@]1(O)CO[C@H](O[C@@H]2[C@@H](O)[C@H](O[C@H]3OC(CNCCO)=CC[C@H]3N)[C@@H](N)C[C@H]2NC(=O)[C@H](O)CN)[C@H](O)C1. The second-order valence-corrected chi connectivity index (χ2v) is 10.4. The Morgan fingerprint density at radius 3 is 2.61 bits per heavy atom. The summed E-state index contributed by atoms with van der Waals surface area (Å²) in [5.74, 6) is -0.218. The highest BCUT2D eigenvalue weighted by molar-refractivity contribution is 5.81. The standard InChI is InChI=1S/C23H43N5O10/c1-23(34)7-15(30)22(35-10-23)38-19-14(28-20(33)16(31)8-24)6-13(26)18(17(19)32)37-21-12(25)3-2-11(36-21)9-27-4-5-29/h2,12-19,21-22,27,29-32,34H,3-10,24-26H2,1H3,(H,28,33)/t12-,13+,14-,15-,16-,17+,18-,19+,21-,22-,23-/m1/s1. The molecule has 3 rings (SSSR count). The zero-order valence-electron chi connectivity index (χ0n) is 21.5. The summed E-state index contributed by atoms with van der Waals surface area (Å²) in [5.41, 5.74) is 16.7. The van der Waals surface area contributed by atoms with Crippen LogP contribution in [0.4, 0.5) is 0 Å². The molecule has 11 atom stereocenters. The Labute approximate surface area is 221 Å². The molecule has 1 saturated heterocycles. The van der Waals surface area contributed by atoms with Gasteiger partial charge in [0.15, 0.2) is 6.29 Å². The monoisotopic (exact) mass is 549 g/mol. The van der Waals surface area contributed by atoms with Gasteiger partial charge in [0.05, 0.1) is 37.4 Å². The number of hydrogen-bond acceptors (Lipinski definition) is 14. The Morgan fingerprint density at radius 2 is 1.95 bits per heavy atom. The summed E-state index contributed by atoms with van der Waals surface area (Å²) in [6, 6.07) is -2.26.